The van der Waals surface area contributed by atoms with Gasteiger partial charge in [-0.25, -0.2) is 0 Å². The molecule has 0 amide bonds. The first-order chi connectivity index (χ1) is 4.86. The van der Waals surface area contributed by atoms with Crippen molar-refractivity contribution < 1.29 is 0 Å². The molecular weight excluding hydrogens is 160 g/mol. The summed E-state index contributed by atoms with van der Waals surface area (Å²) in [6, 6.07) is 0. The Labute approximate surface area is 74.6 Å². The minimum absolute atomic E-state index is 0. The summed E-state index contributed by atoms with van der Waals surface area (Å²) in [4.78, 5) is 4.47. The number of nitrogens with zero attached hydrogens (tertiary/aromatic N) is 2. The first-order valence-corrected chi connectivity index (χ1v) is 3.64. The molecule has 0 bridgehead atoms. The van der Waals surface area contributed by atoms with Gasteiger partial charge >= 0.3 is 0 Å². The highest BCUT2D eigenvalue weighted by atomic mass is 35.5. The van der Waals surface area contributed by atoms with Gasteiger partial charge in [0.15, 0.2) is 0 Å². The summed E-state index contributed by atoms with van der Waals surface area (Å²) in [5, 5.41) is 0. The van der Waals surface area contributed by atoms with Gasteiger partial charge in [-0.05, 0) is 6.92 Å². The fourth-order valence-corrected chi connectivity index (χ4v) is 1.01. The van der Waals surface area contributed by atoms with E-state index in [0.29, 0.717) is 0 Å². The topological polar surface area (TPSA) is 6.48 Å². The molecule has 0 N–H and O–H groups in total. The molecule has 0 saturated heterocycles. The zero-order valence-corrected chi connectivity index (χ0v) is 7.68. The smallest absolute Gasteiger partial charge is 0.0896 e. The third-order valence-electron chi connectivity index (χ3n) is 1.62. The van der Waals surface area contributed by atoms with E-state index in [-0.39, 0.29) is 12.4 Å². The molecule has 64 valence electrons. The van der Waals surface area contributed by atoms with E-state index in [1.807, 2.05) is 6.08 Å². The maximum Gasteiger partial charge on any atom is 0.0896 e. The first-order valence-electron chi connectivity index (χ1n) is 3.64. The van der Waals surface area contributed by atoms with Gasteiger partial charge in [-0.3, -0.25) is 0 Å². The van der Waals surface area contributed by atoms with Crippen LogP contribution in [-0.2, 0) is 0 Å². The van der Waals surface area contributed by atoms with E-state index in [2.05, 4.69) is 35.7 Å². The van der Waals surface area contributed by atoms with Crippen LogP contribution in [0.1, 0.15) is 6.92 Å². The highest BCUT2D eigenvalue weighted by Crippen LogP contribution is 2.04. The van der Waals surface area contributed by atoms with Crippen LogP contribution in [0.5, 0.6) is 0 Å². The number of hydrogen-bond donors (Lipinski definition) is 0. The Morgan fingerprint density at radius 3 is 2.55 bits per heavy atom. The van der Waals surface area contributed by atoms with Gasteiger partial charge < -0.3 is 9.80 Å². The quantitative estimate of drug-likeness (QED) is 0.601. The molecular formula is C8H15ClN2. The van der Waals surface area contributed by atoms with Crippen LogP contribution in [0.3, 0.4) is 0 Å². The largest absolute Gasteiger partial charge is 0.359 e. The Balaban J connectivity index is 0.000001000. The molecule has 0 aliphatic carbocycles. The van der Waals surface area contributed by atoms with Crippen molar-refractivity contribution in [3.05, 3.63) is 25.1 Å². The zero-order valence-electron chi connectivity index (χ0n) is 6.86. The van der Waals surface area contributed by atoms with Crippen LogP contribution in [0.25, 0.3) is 0 Å². The predicted octanol–water partition coefficient (Wildman–Crippen LogP) is 1.66. The molecule has 3 heteroatoms. The summed E-state index contributed by atoms with van der Waals surface area (Å²) in [7, 11) is 0. The molecule has 1 aliphatic rings. The molecule has 2 nitrogen and oxygen atoms in total. The Morgan fingerprint density at radius 2 is 2.09 bits per heavy atom. The minimum Gasteiger partial charge on any atom is -0.359 e. The van der Waals surface area contributed by atoms with Gasteiger partial charge in [0.05, 0.1) is 6.67 Å². The molecule has 0 unspecified atom stereocenters. The Kier molecular flexibility index (Phi) is 4.79. The van der Waals surface area contributed by atoms with Crippen LogP contribution >= 0.6 is 12.4 Å². The van der Waals surface area contributed by atoms with Crippen LogP contribution in [0.15, 0.2) is 25.1 Å². The van der Waals surface area contributed by atoms with E-state index in [1.165, 1.54) is 0 Å². The molecule has 0 spiro atoms. The Hall–Kier alpha value is -0.630. The fraction of sp³-hybridized carbons (Fsp3) is 0.500. The average molecular weight is 175 g/mol. The van der Waals surface area contributed by atoms with Gasteiger partial charge in [0.25, 0.3) is 0 Å². The third kappa shape index (κ3) is 2.85. The lowest BCUT2D eigenvalue weighted by atomic mass is 10.6. The van der Waals surface area contributed by atoms with Gasteiger partial charge in [-0.15, -0.1) is 19.0 Å². The van der Waals surface area contributed by atoms with Crippen molar-refractivity contribution in [3.8, 4) is 0 Å². The van der Waals surface area contributed by atoms with E-state index in [1.54, 1.807) is 0 Å². The van der Waals surface area contributed by atoms with Crippen LogP contribution in [0, 0.1) is 0 Å². The normalized spacial score (nSPS) is 15.0. The number of rotatable bonds is 3. The van der Waals surface area contributed by atoms with Crippen molar-refractivity contribution in [3.63, 3.8) is 0 Å². The van der Waals surface area contributed by atoms with Crippen LogP contribution in [0.2, 0.25) is 0 Å². The Bertz CT molecular complexity index is 145. The SMILES string of the molecule is C=CCN1C=CN(CC)C1.Cl. The van der Waals surface area contributed by atoms with E-state index in [4.69, 9.17) is 0 Å². The summed E-state index contributed by atoms with van der Waals surface area (Å²) in [6.07, 6.45) is 6.14. The van der Waals surface area contributed by atoms with Crippen molar-refractivity contribution in [1.29, 1.82) is 0 Å². The van der Waals surface area contributed by atoms with E-state index >= 15 is 0 Å². The minimum atomic E-state index is 0. The Morgan fingerprint density at radius 1 is 1.45 bits per heavy atom. The molecule has 0 aromatic heterocycles. The second-order valence-electron chi connectivity index (χ2n) is 2.40. The molecule has 0 saturated carbocycles. The summed E-state index contributed by atoms with van der Waals surface area (Å²) < 4.78 is 0. The van der Waals surface area contributed by atoms with Crippen LogP contribution < -0.4 is 0 Å². The van der Waals surface area contributed by atoms with Gasteiger partial charge in [-0.2, -0.15) is 0 Å². The molecule has 1 aliphatic heterocycles. The highest BCUT2D eigenvalue weighted by Gasteiger charge is 2.06. The lowest BCUT2D eigenvalue weighted by Gasteiger charge is -2.17. The summed E-state index contributed by atoms with van der Waals surface area (Å²) in [5.41, 5.74) is 0. The third-order valence-corrected chi connectivity index (χ3v) is 1.62. The maximum absolute atomic E-state index is 3.68. The molecule has 0 fully saturated rings. The summed E-state index contributed by atoms with van der Waals surface area (Å²) in [6.45, 7) is 8.89. The van der Waals surface area contributed by atoms with Crippen molar-refractivity contribution in [2.24, 2.45) is 0 Å². The fourth-order valence-electron chi connectivity index (χ4n) is 1.01. The molecule has 0 radical (unpaired) electrons. The zero-order chi connectivity index (χ0) is 7.40. The van der Waals surface area contributed by atoms with Crippen molar-refractivity contribution in [2.75, 3.05) is 19.8 Å². The number of hydrogen-bond acceptors (Lipinski definition) is 2. The molecule has 11 heavy (non-hydrogen) atoms. The molecule has 0 aromatic carbocycles. The van der Waals surface area contributed by atoms with Crippen molar-refractivity contribution in [1.82, 2.24) is 9.80 Å². The van der Waals surface area contributed by atoms with Gasteiger partial charge in [0.2, 0.25) is 0 Å². The predicted molar refractivity (Wildman–Crippen MR) is 50.5 cm³/mol. The summed E-state index contributed by atoms with van der Waals surface area (Å²) in [5.74, 6) is 0. The van der Waals surface area contributed by atoms with Gasteiger partial charge in [0.1, 0.15) is 0 Å². The molecule has 0 atom stereocenters. The molecule has 0 aromatic rings. The van der Waals surface area contributed by atoms with Crippen molar-refractivity contribution >= 4 is 12.4 Å². The van der Waals surface area contributed by atoms with E-state index < -0.39 is 0 Å². The highest BCUT2D eigenvalue weighted by molar-refractivity contribution is 5.85. The van der Waals surface area contributed by atoms with Crippen LogP contribution in [0.4, 0.5) is 0 Å². The van der Waals surface area contributed by atoms with E-state index in [0.717, 1.165) is 19.8 Å². The number of halogens is 1. The molecule has 1 rings (SSSR count). The second kappa shape index (κ2) is 5.08. The lowest BCUT2D eigenvalue weighted by molar-refractivity contribution is 0.291. The summed E-state index contributed by atoms with van der Waals surface area (Å²) >= 11 is 0. The maximum atomic E-state index is 3.68. The van der Waals surface area contributed by atoms with Gasteiger partial charge in [-0.1, -0.05) is 6.08 Å². The van der Waals surface area contributed by atoms with Gasteiger partial charge in [0, 0.05) is 25.5 Å². The van der Waals surface area contributed by atoms with Crippen LogP contribution in [-0.4, -0.2) is 29.6 Å². The lowest BCUT2D eigenvalue weighted by Crippen LogP contribution is -2.24. The second-order valence-corrected chi connectivity index (χ2v) is 2.40. The first kappa shape index (κ1) is 10.4. The molecule has 1 heterocycles. The standard InChI is InChI=1S/C8H14N2.ClH/c1-3-5-10-7-6-9(4-2)8-10;/h3,6-7H,1,4-5,8H2,2H3;1H. The van der Waals surface area contributed by atoms with Crippen molar-refractivity contribution in [2.45, 2.75) is 6.92 Å². The van der Waals surface area contributed by atoms with E-state index in [9.17, 15) is 0 Å². The average Bonchev–Trinajstić information content (AvgIpc) is 2.37. The monoisotopic (exact) mass is 174 g/mol.